The van der Waals surface area contributed by atoms with Gasteiger partial charge in [-0.1, -0.05) is 70.5 Å². The van der Waals surface area contributed by atoms with E-state index in [2.05, 4.69) is 73.8 Å². The molecule has 2 aromatic heterocycles. The van der Waals surface area contributed by atoms with E-state index in [1.165, 1.54) is 13.8 Å². The number of rotatable bonds is 39. The van der Waals surface area contributed by atoms with Crippen molar-refractivity contribution in [2.45, 2.75) is 160 Å². The number of aromatic amines is 2. The first-order chi connectivity index (χ1) is 43.6. The predicted octanol–water partition coefficient (Wildman–Crippen LogP) is -2.24. The Hall–Kier alpha value is -10.0. The van der Waals surface area contributed by atoms with Gasteiger partial charge < -0.3 is 102 Å². The number of guanidine groups is 3. The number of amides is 9. The van der Waals surface area contributed by atoms with Gasteiger partial charge in [-0.3, -0.25) is 59.4 Å². The SMILES string of the molecule is CC[C@H](C)[C@H](NC(=O)[C@H](Cc1c[nH]c2ccccc12)NC(=O)[C@H](C)NC(=O)[C@H](C)NC(=O)[C@@H](N)Cc1c[nH]c2ccccc12)C(=O)NCC(=O)N[C@@H](CC(C)C)C(=O)N[C@@H](CCCNC(=N)N)C(=O)N[C@@H](CCCNC(=N)N)C(=O)N[C@@H](CCCNC(=N)N)C(=O)O. The Morgan fingerprint density at radius 3 is 1.37 bits per heavy atom. The minimum Gasteiger partial charge on any atom is -0.480 e. The predicted molar refractivity (Wildman–Crippen MR) is 346 cm³/mol. The number of carboxylic acid groups (broad SMARTS) is 1. The van der Waals surface area contributed by atoms with Crippen LogP contribution in [0.2, 0.25) is 0 Å². The number of carbonyl (C=O) groups excluding carboxylic acids is 9. The molecule has 32 nitrogen and oxygen atoms in total. The van der Waals surface area contributed by atoms with Crippen LogP contribution in [0.4, 0.5) is 0 Å². The maximum Gasteiger partial charge on any atom is 0.326 e. The highest BCUT2D eigenvalue weighted by Gasteiger charge is 2.35. The molecule has 92 heavy (non-hydrogen) atoms. The van der Waals surface area contributed by atoms with Gasteiger partial charge in [-0.05, 0) is 100 Å². The van der Waals surface area contributed by atoms with E-state index in [4.69, 9.17) is 39.2 Å². The molecule has 0 radical (unpaired) electrons. The summed E-state index contributed by atoms with van der Waals surface area (Å²) in [5, 5.41) is 65.3. The zero-order chi connectivity index (χ0) is 68.2. The van der Waals surface area contributed by atoms with Crippen LogP contribution in [0.25, 0.3) is 21.8 Å². The van der Waals surface area contributed by atoms with E-state index in [9.17, 15) is 53.1 Å². The van der Waals surface area contributed by atoms with Gasteiger partial charge >= 0.3 is 5.97 Å². The molecule has 4 aromatic rings. The summed E-state index contributed by atoms with van der Waals surface area (Å²) in [6, 6.07) is 3.35. The first-order valence-corrected chi connectivity index (χ1v) is 30.6. The van der Waals surface area contributed by atoms with Gasteiger partial charge in [0.05, 0.1) is 12.6 Å². The van der Waals surface area contributed by atoms with Crippen LogP contribution >= 0.6 is 0 Å². The fourth-order valence-electron chi connectivity index (χ4n) is 9.83. The molecule has 0 bridgehead atoms. The molecule has 0 saturated heterocycles. The Morgan fingerprint density at radius 1 is 0.489 bits per heavy atom. The van der Waals surface area contributed by atoms with Crippen molar-refractivity contribution in [3.05, 3.63) is 72.1 Å². The van der Waals surface area contributed by atoms with Crippen LogP contribution in [-0.2, 0) is 60.8 Å². The summed E-state index contributed by atoms with van der Waals surface area (Å²) in [6.07, 6.45) is 4.19. The third-order valence-electron chi connectivity index (χ3n) is 15.1. The number of carbonyl (C=O) groups is 10. The summed E-state index contributed by atoms with van der Waals surface area (Å²) in [4.78, 5) is 144. The molecule has 2 aromatic carbocycles. The molecule has 9 amide bonds. The Bertz CT molecular complexity index is 3220. The number of H-pyrrole nitrogens is 2. The molecule has 0 saturated carbocycles. The molecule has 26 N–H and O–H groups in total. The Kier molecular flexibility index (Phi) is 30.1. The van der Waals surface area contributed by atoms with Crippen LogP contribution in [-0.4, -0.2) is 173 Å². The Morgan fingerprint density at radius 2 is 0.902 bits per heavy atom. The highest BCUT2D eigenvalue weighted by molar-refractivity contribution is 5.98. The third kappa shape index (κ3) is 24.8. The van der Waals surface area contributed by atoms with Crippen molar-refractivity contribution in [2.24, 2.45) is 34.8 Å². The summed E-state index contributed by atoms with van der Waals surface area (Å²) in [5.41, 5.74) is 25.6. The highest BCUT2D eigenvalue weighted by atomic mass is 16.4. The van der Waals surface area contributed by atoms with Gasteiger partial charge in [0.2, 0.25) is 53.2 Å². The van der Waals surface area contributed by atoms with Gasteiger partial charge in [0.1, 0.15) is 48.3 Å². The average Bonchev–Trinajstić information content (AvgIpc) is 1.72. The quantitative estimate of drug-likeness (QED) is 0.0128. The van der Waals surface area contributed by atoms with Gasteiger partial charge in [-0.15, -0.1) is 0 Å². The minimum atomic E-state index is -1.41. The lowest BCUT2D eigenvalue weighted by molar-refractivity contribution is -0.142. The number of hydrogen-bond donors (Lipinski definition) is 22. The smallest absolute Gasteiger partial charge is 0.326 e. The molecule has 0 aliphatic rings. The second-order valence-electron chi connectivity index (χ2n) is 23.1. The van der Waals surface area contributed by atoms with E-state index >= 15 is 0 Å². The van der Waals surface area contributed by atoms with Crippen LogP contribution in [0.3, 0.4) is 0 Å². The van der Waals surface area contributed by atoms with Crippen molar-refractivity contribution in [1.82, 2.24) is 73.8 Å². The van der Waals surface area contributed by atoms with E-state index in [1.807, 2.05) is 42.5 Å². The van der Waals surface area contributed by atoms with Gasteiger partial charge in [0.15, 0.2) is 17.9 Å². The summed E-state index contributed by atoms with van der Waals surface area (Å²) >= 11 is 0. The normalized spacial score (nSPS) is 14.4. The molecule has 0 fully saturated rings. The van der Waals surface area contributed by atoms with E-state index < -0.39 is 126 Å². The molecule has 0 unspecified atom stereocenters. The standard InChI is InChI=1S/C60H93N21O11/c1-7-32(4)48(81-55(89)46(27-36-29-72-41-18-11-9-16-38(36)41)80-50(84)34(6)74-49(83)33(5)75-51(85)39(61)26-35-28-71-40-17-10-8-15-37(35)40)56(90)73-30-47(82)76-45(25-31(2)3)54(88)78-42(19-12-22-68-58(62)63)52(86)77-43(20-13-23-69-59(64)65)53(87)79-44(57(91)92)21-14-24-70-60(66)67/h8-11,15-18,28-29,31-34,39,42-46,48,71-72H,7,12-14,19-27,30,61H2,1-6H3,(H,73,90)(H,74,83)(H,75,85)(H,76,82)(H,77,86)(H,78,88)(H,79,87)(H,80,84)(H,81,89)(H,91,92)(H4,62,63,68)(H4,64,65,69)(H4,66,67,70)/t32-,33-,34-,39-,42-,43-,44-,45-,46-,48-/m0/s1. The highest BCUT2D eigenvalue weighted by Crippen LogP contribution is 2.21. The summed E-state index contributed by atoms with van der Waals surface area (Å²) in [7, 11) is 0. The van der Waals surface area contributed by atoms with E-state index in [0.717, 1.165) is 27.4 Å². The number of para-hydroxylation sites is 2. The molecular weight excluding hydrogens is 1190 g/mol. The van der Waals surface area contributed by atoms with Gasteiger partial charge in [0.25, 0.3) is 0 Å². The Balaban J connectivity index is 1.47. The third-order valence-corrected chi connectivity index (χ3v) is 15.1. The van der Waals surface area contributed by atoms with Crippen LogP contribution in [0.15, 0.2) is 60.9 Å². The van der Waals surface area contributed by atoms with Crippen molar-refractivity contribution in [3.63, 3.8) is 0 Å². The van der Waals surface area contributed by atoms with E-state index in [-0.39, 0.29) is 101 Å². The van der Waals surface area contributed by atoms with E-state index in [1.54, 1.807) is 46.2 Å². The molecule has 10 atom stereocenters. The Labute approximate surface area is 533 Å². The molecule has 0 aliphatic heterocycles. The lowest BCUT2D eigenvalue weighted by Gasteiger charge is -2.28. The van der Waals surface area contributed by atoms with Crippen molar-refractivity contribution < 1.29 is 53.1 Å². The molecule has 0 aliphatic carbocycles. The zero-order valence-electron chi connectivity index (χ0n) is 52.9. The maximum atomic E-state index is 14.5. The lowest BCUT2D eigenvalue weighted by atomic mass is 9.97. The van der Waals surface area contributed by atoms with Crippen molar-refractivity contribution >= 4 is 98.8 Å². The number of fused-ring (bicyclic) bond motifs is 2. The number of aliphatic carboxylic acids is 1. The van der Waals surface area contributed by atoms with Gasteiger partial charge in [-0.2, -0.15) is 0 Å². The lowest BCUT2D eigenvalue weighted by Crippen LogP contribution is -2.60. The summed E-state index contributed by atoms with van der Waals surface area (Å²) < 4.78 is 0. The summed E-state index contributed by atoms with van der Waals surface area (Å²) in [6.45, 7) is 9.50. The summed E-state index contributed by atoms with van der Waals surface area (Å²) in [5.74, 6) is -10.2. The average molecular weight is 1280 g/mol. The fourth-order valence-corrected chi connectivity index (χ4v) is 9.83. The second-order valence-corrected chi connectivity index (χ2v) is 23.1. The largest absolute Gasteiger partial charge is 0.480 e. The van der Waals surface area contributed by atoms with Gasteiger partial charge in [-0.25, -0.2) is 4.79 Å². The molecule has 0 spiro atoms. The topological polar surface area (TPSA) is 542 Å². The molecular formula is C60H93N21O11. The monoisotopic (exact) mass is 1280 g/mol. The fraction of sp³-hybridized carbons (Fsp3) is 0.517. The molecule has 2 heterocycles. The number of aromatic nitrogens is 2. The van der Waals surface area contributed by atoms with Crippen LogP contribution < -0.4 is 86.7 Å². The van der Waals surface area contributed by atoms with E-state index in [0.29, 0.717) is 12.0 Å². The molecule has 32 heteroatoms. The molecule has 504 valence electrons. The molecule has 4 rings (SSSR count). The number of benzene rings is 2. The zero-order valence-corrected chi connectivity index (χ0v) is 52.9. The number of carboxylic acids is 1. The number of nitrogens with two attached hydrogens (primary N) is 4. The van der Waals surface area contributed by atoms with Crippen molar-refractivity contribution in [3.8, 4) is 0 Å². The van der Waals surface area contributed by atoms with Crippen LogP contribution in [0.5, 0.6) is 0 Å². The first kappa shape index (κ1) is 74.5. The maximum absolute atomic E-state index is 14.5. The number of nitrogens with one attached hydrogen (secondary N) is 17. The first-order valence-electron chi connectivity index (χ1n) is 30.6. The van der Waals surface area contributed by atoms with Crippen molar-refractivity contribution in [2.75, 3.05) is 26.2 Å². The number of hydrogen-bond acceptors (Lipinski definition) is 14. The van der Waals surface area contributed by atoms with Crippen LogP contribution in [0.1, 0.15) is 104 Å². The minimum absolute atomic E-state index is 0.0350. The van der Waals surface area contributed by atoms with Crippen molar-refractivity contribution in [1.29, 1.82) is 16.2 Å². The van der Waals surface area contributed by atoms with Gasteiger partial charge in [0, 0.05) is 60.3 Å². The van der Waals surface area contributed by atoms with Crippen LogP contribution in [0, 0.1) is 28.1 Å². The second kappa shape index (κ2) is 37.2.